The van der Waals surface area contributed by atoms with Crippen LogP contribution in [0.4, 0.5) is 11.5 Å². The monoisotopic (exact) mass is 294 g/mol. The third-order valence-corrected chi connectivity index (χ3v) is 3.84. The first-order chi connectivity index (χ1) is 9.93. The summed E-state index contributed by atoms with van der Waals surface area (Å²) in [6.07, 6.45) is 2.11. The van der Waals surface area contributed by atoms with Gasteiger partial charge in [0.05, 0.1) is 10.5 Å². The van der Waals surface area contributed by atoms with Crippen molar-refractivity contribution < 1.29 is 14.8 Å². The molecule has 0 aliphatic carbocycles. The Labute approximate surface area is 122 Å². The molecule has 1 aliphatic rings. The maximum Gasteiger partial charge on any atom is 0.337 e. The van der Waals surface area contributed by atoms with Crippen LogP contribution >= 0.6 is 0 Å². The summed E-state index contributed by atoms with van der Waals surface area (Å²) < 4.78 is 0. The number of carboxylic acid groups (broad SMARTS) is 1. The number of carbonyl (C=O) groups is 1. The summed E-state index contributed by atoms with van der Waals surface area (Å²) in [5.41, 5.74) is -0.430. The summed E-state index contributed by atoms with van der Waals surface area (Å²) >= 11 is 0. The third-order valence-electron chi connectivity index (χ3n) is 3.84. The van der Waals surface area contributed by atoms with Crippen molar-refractivity contribution in [3.8, 4) is 0 Å². The second kappa shape index (κ2) is 6.04. The first kappa shape index (κ1) is 15.2. The van der Waals surface area contributed by atoms with Crippen molar-refractivity contribution in [1.82, 2.24) is 9.88 Å². The predicted molar refractivity (Wildman–Crippen MR) is 76.8 cm³/mol. The van der Waals surface area contributed by atoms with E-state index in [1.54, 1.807) is 0 Å². The molecule has 0 spiro atoms. The lowest BCUT2D eigenvalue weighted by Gasteiger charge is -2.39. The standard InChI is InChI=1S/C13H18N4O4/c1-3-10-8-16(5-4-15(10)2)12-11(17(20)21)6-9(7-14-12)13(18)19/h6-7,10H,3-5,8H2,1-2H3,(H,18,19). The van der Waals surface area contributed by atoms with Gasteiger partial charge in [0, 0.05) is 37.9 Å². The Kier molecular flexibility index (Phi) is 4.37. The minimum Gasteiger partial charge on any atom is -0.478 e. The van der Waals surface area contributed by atoms with Crippen molar-refractivity contribution in [1.29, 1.82) is 0 Å². The van der Waals surface area contributed by atoms with E-state index in [4.69, 9.17) is 5.11 Å². The molecule has 8 heteroatoms. The van der Waals surface area contributed by atoms with Crippen molar-refractivity contribution in [2.75, 3.05) is 31.6 Å². The van der Waals surface area contributed by atoms with Crippen molar-refractivity contribution >= 4 is 17.5 Å². The molecule has 1 aromatic rings. The molecule has 1 saturated heterocycles. The minimum absolute atomic E-state index is 0.174. The molecular formula is C13H18N4O4. The number of carboxylic acids is 1. The fourth-order valence-electron chi connectivity index (χ4n) is 2.52. The second-order valence-corrected chi connectivity index (χ2v) is 5.12. The Morgan fingerprint density at radius 3 is 2.86 bits per heavy atom. The number of hydrogen-bond acceptors (Lipinski definition) is 6. The predicted octanol–water partition coefficient (Wildman–Crippen LogP) is 1.22. The number of aromatic nitrogens is 1. The van der Waals surface area contributed by atoms with Gasteiger partial charge in [0.25, 0.3) is 0 Å². The second-order valence-electron chi connectivity index (χ2n) is 5.12. The van der Waals surface area contributed by atoms with Crippen molar-refractivity contribution in [2.24, 2.45) is 0 Å². The summed E-state index contributed by atoms with van der Waals surface area (Å²) in [5, 5.41) is 20.1. The molecule has 2 rings (SSSR count). The lowest BCUT2D eigenvalue weighted by Crippen LogP contribution is -2.51. The van der Waals surface area contributed by atoms with E-state index in [1.807, 2.05) is 11.9 Å². The van der Waals surface area contributed by atoms with Gasteiger partial charge in [0.2, 0.25) is 5.82 Å². The van der Waals surface area contributed by atoms with E-state index in [0.29, 0.717) is 19.1 Å². The number of rotatable bonds is 4. The van der Waals surface area contributed by atoms with Crippen LogP contribution in [-0.2, 0) is 0 Å². The third kappa shape index (κ3) is 3.10. The molecule has 0 aromatic carbocycles. The SMILES string of the molecule is CCC1CN(c2ncc(C(=O)O)cc2[N+](=O)[O-])CCN1C. The molecular weight excluding hydrogens is 276 g/mol. The van der Waals surface area contributed by atoms with Gasteiger partial charge in [-0.2, -0.15) is 0 Å². The van der Waals surface area contributed by atoms with Crippen LogP contribution in [0.1, 0.15) is 23.7 Å². The maximum atomic E-state index is 11.2. The summed E-state index contributed by atoms with van der Waals surface area (Å²) in [4.78, 5) is 29.6. The van der Waals surface area contributed by atoms with Crippen LogP contribution in [-0.4, -0.2) is 58.6 Å². The first-order valence-corrected chi connectivity index (χ1v) is 6.77. The highest BCUT2D eigenvalue weighted by Crippen LogP contribution is 2.28. The van der Waals surface area contributed by atoms with E-state index in [0.717, 1.165) is 19.0 Å². The van der Waals surface area contributed by atoms with Crippen LogP contribution < -0.4 is 4.90 Å². The Morgan fingerprint density at radius 1 is 1.57 bits per heavy atom. The number of nitro groups is 1. The number of anilines is 1. The Hall–Kier alpha value is -2.22. The van der Waals surface area contributed by atoms with Gasteiger partial charge >= 0.3 is 11.7 Å². The van der Waals surface area contributed by atoms with E-state index in [2.05, 4.69) is 16.8 Å². The quantitative estimate of drug-likeness (QED) is 0.658. The first-order valence-electron chi connectivity index (χ1n) is 6.77. The average molecular weight is 294 g/mol. The van der Waals surface area contributed by atoms with Gasteiger partial charge in [-0.25, -0.2) is 9.78 Å². The van der Waals surface area contributed by atoms with Crippen molar-refractivity contribution in [3.63, 3.8) is 0 Å². The number of likely N-dealkylation sites (N-methyl/N-ethyl adjacent to an activating group) is 1. The van der Waals surface area contributed by atoms with Gasteiger partial charge in [-0.05, 0) is 13.5 Å². The molecule has 8 nitrogen and oxygen atoms in total. The molecule has 1 aliphatic heterocycles. The van der Waals surface area contributed by atoms with Gasteiger partial charge in [0.15, 0.2) is 0 Å². The van der Waals surface area contributed by atoms with E-state index >= 15 is 0 Å². The number of piperazine rings is 1. The van der Waals surface area contributed by atoms with Crippen LogP contribution in [0.2, 0.25) is 0 Å². The number of pyridine rings is 1. The molecule has 1 atom stereocenters. The zero-order chi connectivity index (χ0) is 15.6. The van der Waals surface area contributed by atoms with E-state index in [-0.39, 0.29) is 17.1 Å². The molecule has 1 aromatic heterocycles. The largest absolute Gasteiger partial charge is 0.478 e. The molecule has 0 bridgehead atoms. The highest BCUT2D eigenvalue weighted by molar-refractivity contribution is 5.88. The van der Waals surface area contributed by atoms with Crippen LogP contribution in [0, 0.1) is 10.1 Å². The molecule has 114 valence electrons. The molecule has 1 N–H and O–H groups in total. The maximum absolute atomic E-state index is 11.2. The summed E-state index contributed by atoms with van der Waals surface area (Å²) in [6.45, 7) is 4.14. The molecule has 0 amide bonds. The molecule has 0 radical (unpaired) electrons. The summed E-state index contributed by atoms with van der Waals surface area (Å²) in [5.74, 6) is -0.974. The van der Waals surface area contributed by atoms with Gasteiger partial charge < -0.3 is 10.0 Å². The topological polar surface area (TPSA) is 99.8 Å². The van der Waals surface area contributed by atoms with Crippen molar-refractivity contribution in [2.45, 2.75) is 19.4 Å². The van der Waals surface area contributed by atoms with Gasteiger partial charge in [-0.3, -0.25) is 15.0 Å². The Balaban J connectivity index is 2.35. The van der Waals surface area contributed by atoms with Gasteiger partial charge in [0.1, 0.15) is 0 Å². The normalized spacial score (nSPS) is 19.5. The summed E-state index contributed by atoms with van der Waals surface area (Å²) in [6, 6.07) is 1.38. The zero-order valence-electron chi connectivity index (χ0n) is 12.0. The lowest BCUT2D eigenvalue weighted by atomic mass is 10.1. The van der Waals surface area contributed by atoms with E-state index < -0.39 is 10.9 Å². The Bertz CT molecular complexity index is 563. The minimum atomic E-state index is -1.22. The molecule has 2 heterocycles. The molecule has 21 heavy (non-hydrogen) atoms. The lowest BCUT2D eigenvalue weighted by molar-refractivity contribution is -0.384. The van der Waals surface area contributed by atoms with E-state index in [1.165, 1.54) is 6.20 Å². The van der Waals surface area contributed by atoms with Crippen LogP contribution in [0.25, 0.3) is 0 Å². The zero-order valence-corrected chi connectivity index (χ0v) is 12.0. The highest BCUT2D eigenvalue weighted by atomic mass is 16.6. The van der Waals surface area contributed by atoms with Crippen molar-refractivity contribution in [3.05, 3.63) is 27.9 Å². The molecule has 1 fully saturated rings. The number of nitrogens with zero attached hydrogens (tertiary/aromatic N) is 4. The summed E-state index contributed by atoms with van der Waals surface area (Å²) in [7, 11) is 2.03. The van der Waals surface area contributed by atoms with Gasteiger partial charge in [-0.15, -0.1) is 0 Å². The van der Waals surface area contributed by atoms with Crippen LogP contribution in [0.5, 0.6) is 0 Å². The fraction of sp³-hybridized carbons (Fsp3) is 0.538. The van der Waals surface area contributed by atoms with E-state index in [9.17, 15) is 14.9 Å². The number of hydrogen-bond donors (Lipinski definition) is 1. The highest BCUT2D eigenvalue weighted by Gasteiger charge is 2.29. The molecule has 1 unspecified atom stereocenters. The molecule has 0 saturated carbocycles. The number of aromatic carboxylic acids is 1. The van der Waals surface area contributed by atoms with Crippen LogP contribution in [0.15, 0.2) is 12.3 Å². The van der Waals surface area contributed by atoms with Crippen LogP contribution in [0.3, 0.4) is 0 Å². The fourth-order valence-corrected chi connectivity index (χ4v) is 2.52. The smallest absolute Gasteiger partial charge is 0.337 e. The average Bonchev–Trinajstić information content (AvgIpc) is 2.47. The Morgan fingerprint density at radius 2 is 2.29 bits per heavy atom. The van der Waals surface area contributed by atoms with Gasteiger partial charge in [-0.1, -0.05) is 6.92 Å².